The van der Waals surface area contributed by atoms with Gasteiger partial charge in [0.1, 0.15) is 12.1 Å². The molecule has 0 aromatic carbocycles. The molecule has 0 radical (unpaired) electrons. The third kappa shape index (κ3) is 3.82. The Morgan fingerprint density at radius 2 is 2.31 bits per heavy atom. The molecule has 2 aromatic heterocycles. The molecule has 4 rings (SSSR count). The highest BCUT2D eigenvalue weighted by Gasteiger charge is 2.33. The zero-order valence-electron chi connectivity index (χ0n) is 14.8. The SMILES string of the molecule is CO[C@H]1C[C@@H](CNC(=O)c2cn(CC3CC3)nn2)N(c2ccncn2)C1. The standard InChI is InChI=1S/C17H23N7O2/c1-26-14-6-13(24(9-14)16-4-5-18-11-20-16)7-19-17(25)15-10-23(22-21-15)8-12-2-3-12/h4-5,10-14H,2-3,6-9H2,1H3,(H,19,25)/t13-,14-/m0/s1. The van der Waals surface area contributed by atoms with Crippen LogP contribution in [0.5, 0.6) is 0 Å². The summed E-state index contributed by atoms with van der Waals surface area (Å²) in [6, 6.07) is 1.98. The Labute approximate surface area is 151 Å². The lowest BCUT2D eigenvalue weighted by Crippen LogP contribution is -2.40. The number of anilines is 1. The molecule has 2 atom stereocenters. The van der Waals surface area contributed by atoms with Crippen LogP contribution in [0.4, 0.5) is 5.82 Å². The smallest absolute Gasteiger partial charge is 0.273 e. The summed E-state index contributed by atoms with van der Waals surface area (Å²) in [5.41, 5.74) is 0.362. The Bertz CT molecular complexity index is 747. The second kappa shape index (κ2) is 7.36. The highest BCUT2D eigenvalue weighted by atomic mass is 16.5. The summed E-state index contributed by atoms with van der Waals surface area (Å²) in [6.45, 7) is 2.09. The molecule has 138 valence electrons. The molecule has 1 aliphatic carbocycles. The van der Waals surface area contributed by atoms with Crippen molar-refractivity contribution in [1.82, 2.24) is 30.3 Å². The van der Waals surface area contributed by atoms with Crippen molar-refractivity contribution in [2.75, 3.05) is 25.1 Å². The van der Waals surface area contributed by atoms with E-state index >= 15 is 0 Å². The van der Waals surface area contributed by atoms with Gasteiger partial charge in [-0.2, -0.15) is 0 Å². The average molecular weight is 357 g/mol. The number of hydrogen-bond donors (Lipinski definition) is 1. The zero-order valence-corrected chi connectivity index (χ0v) is 14.8. The molecule has 9 heteroatoms. The molecule has 9 nitrogen and oxygen atoms in total. The van der Waals surface area contributed by atoms with Crippen molar-refractivity contribution >= 4 is 11.7 Å². The van der Waals surface area contributed by atoms with Gasteiger partial charge in [0.25, 0.3) is 5.91 Å². The van der Waals surface area contributed by atoms with Crippen LogP contribution in [0.2, 0.25) is 0 Å². The van der Waals surface area contributed by atoms with E-state index in [1.54, 1.807) is 24.2 Å². The Kier molecular flexibility index (Phi) is 4.79. The van der Waals surface area contributed by atoms with E-state index in [-0.39, 0.29) is 18.1 Å². The van der Waals surface area contributed by atoms with E-state index in [1.807, 2.05) is 6.07 Å². The van der Waals surface area contributed by atoms with Crippen LogP contribution in [0.25, 0.3) is 0 Å². The van der Waals surface area contributed by atoms with Crippen molar-refractivity contribution in [3.8, 4) is 0 Å². The first-order valence-electron chi connectivity index (χ1n) is 8.96. The van der Waals surface area contributed by atoms with Gasteiger partial charge in [0.05, 0.1) is 18.3 Å². The first-order chi connectivity index (χ1) is 12.7. The number of hydrogen-bond acceptors (Lipinski definition) is 7. The van der Waals surface area contributed by atoms with Crippen molar-refractivity contribution in [3.63, 3.8) is 0 Å². The van der Waals surface area contributed by atoms with E-state index in [9.17, 15) is 4.79 Å². The van der Waals surface area contributed by atoms with Gasteiger partial charge in [-0.05, 0) is 31.2 Å². The Morgan fingerprint density at radius 3 is 3.04 bits per heavy atom. The minimum absolute atomic E-state index is 0.111. The lowest BCUT2D eigenvalue weighted by Gasteiger charge is -2.25. The summed E-state index contributed by atoms with van der Waals surface area (Å²) in [5, 5.41) is 11.0. The second-order valence-electron chi connectivity index (χ2n) is 6.95. The van der Waals surface area contributed by atoms with Crippen LogP contribution in [0.15, 0.2) is 24.8 Å². The van der Waals surface area contributed by atoms with Crippen molar-refractivity contribution in [2.45, 2.75) is 38.0 Å². The number of nitrogens with one attached hydrogen (secondary N) is 1. The van der Waals surface area contributed by atoms with E-state index in [4.69, 9.17) is 4.74 Å². The minimum Gasteiger partial charge on any atom is -0.380 e. The lowest BCUT2D eigenvalue weighted by atomic mass is 10.2. The number of carbonyl (C=O) groups is 1. The van der Waals surface area contributed by atoms with Crippen molar-refractivity contribution in [2.24, 2.45) is 5.92 Å². The van der Waals surface area contributed by atoms with E-state index in [0.717, 1.165) is 25.3 Å². The van der Waals surface area contributed by atoms with Gasteiger partial charge >= 0.3 is 0 Å². The molecular formula is C17H23N7O2. The number of nitrogens with zero attached hydrogens (tertiary/aromatic N) is 6. The summed E-state index contributed by atoms with van der Waals surface area (Å²) < 4.78 is 7.27. The maximum Gasteiger partial charge on any atom is 0.273 e. The molecule has 1 N–H and O–H groups in total. The molecule has 1 saturated carbocycles. The monoisotopic (exact) mass is 357 g/mol. The van der Waals surface area contributed by atoms with Crippen LogP contribution < -0.4 is 10.2 Å². The molecular weight excluding hydrogens is 334 g/mol. The van der Waals surface area contributed by atoms with E-state index < -0.39 is 0 Å². The first kappa shape index (κ1) is 16.9. The summed E-state index contributed by atoms with van der Waals surface area (Å²) in [4.78, 5) is 22.8. The fourth-order valence-corrected chi connectivity index (χ4v) is 3.33. The number of methoxy groups -OCH3 is 1. The summed E-state index contributed by atoms with van der Waals surface area (Å²) in [7, 11) is 1.71. The summed E-state index contributed by atoms with van der Waals surface area (Å²) >= 11 is 0. The van der Waals surface area contributed by atoms with E-state index in [1.165, 1.54) is 19.2 Å². The molecule has 0 bridgehead atoms. The van der Waals surface area contributed by atoms with Gasteiger partial charge in [-0.1, -0.05) is 5.21 Å². The molecule has 2 aliphatic rings. The Hall–Kier alpha value is -2.55. The molecule has 0 spiro atoms. The van der Waals surface area contributed by atoms with Crippen molar-refractivity contribution < 1.29 is 9.53 Å². The molecule has 2 fully saturated rings. The van der Waals surface area contributed by atoms with Gasteiger partial charge in [-0.3, -0.25) is 9.48 Å². The number of carbonyl (C=O) groups excluding carboxylic acids is 1. The highest BCUT2D eigenvalue weighted by molar-refractivity contribution is 5.91. The molecule has 1 aliphatic heterocycles. The van der Waals surface area contributed by atoms with Crippen LogP contribution in [0, 0.1) is 5.92 Å². The van der Waals surface area contributed by atoms with Crippen LogP contribution in [-0.2, 0) is 11.3 Å². The number of amides is 1. The van der Waals surface area contributed by atoms with Gasteiger partial charge in [-0.25, -0.2) is 9.97 Å². The Balaban J connectivity index is 1.37. The van der Waals surface area contributed by atoms with Gasteiger partial charge in [0.2, 0.25) is 0 Å². The van der Waals surface area contributed by atoms with E-state index in [0.29, 0.717) is 18.2 Å². The summed E-state index contributed by atoms with van der Waals surface area (Å²) in [6.07, 6.45) is 8.40. The van der Waals surface area contributed by atoms with Crippen molar-refractivity contribution in [1.29, 1.82) is 0 Å². The number of aromatic nitrogens is 5. The summed E-state index contributed by atoms with van der Waals surface area (Å²) in [5.74, 6) is 1.34. The Morgan fingerprint density at radius 1 is 1.42 bits per heavy atom. The highest BCUT2D eigenvalue weighted by Crippen LogP contribution is 2.30. The van der Waals surface area contributed by atoms with Crippen molar-refractivity contribution in [3.05, 3.63) is 30.5 Å². The fraction of sp³-hybridized carbons (Fsp3) is 0.588. The quantitative estimate of drug-likeness (QED) is 0.770. The fourth-order valence-electron chi connectivity index (χ4n) is 3.33. The molecule has 26 heavy (non-hydrogen) atoms. The molecule has 2 aromatic rings. The second-order valence-corrected chi connectivity index (χ2v) is 6.95. The number of rotatable bonds is 7. The predicted octanol–water partition coefficient (Wildman–Crippen LogP) is 0.502. The normalized spacial score (nSPS) is 22.6. The minimum atomic E-state index is -0.199. The molecule has 1 saturated heterocycles. The zero-order chi connectivity index (χ0) is 17.9. The van der Waals surface area contributed by atoms with Crippen LogP contribution >= 0.6 is 0 Å². The van der Waals surface area contributed by atoms with Crippen LogP contribution in [-0.4, -0.2) is 63.2 Å². The largest absolute Gasteiger partial charge is 0.380 e. The third-order valence-electron chi connectivity index (χ3n) is 4.98. The maximum absolute atomic E-state index is 12.4. The molecule has 3 heterocycles. The lowest BCUT2D eigenvalue weighted by molar-refractivity contribution is 0.0941. The number of ether oxygens (including phenoxy) is 1. The van der Waals surface area contributed by atoms with Gasteiger partial charge in [0, 0.05) is 32.9 Å². The topological polar surface area (TPSA) is 98.1 Å². The van der Waals surface area contributed by atoms with Crippen LogP contribution in [0.3, 0.4) is 0 Å². The van der Waals surface area contributed by atoms with Gasteiger partial charge in [-0.15, -0.1) is 5.10 Å². The van der Waals surface area contributed by atoms with E-state index in [2.05, 4.69) is 30.5 Å². The molecule has 1 amide bonds. The maximum atomic E-state index is 12.4. The third-order valence-corrected chi connectivity index (χ3v) is 4.98. The van der Waals surface area contributed by atoms with Gasteiger partial charge in [0.15, 0.2) is 5.69 Å². The predicted molar refractivity (Wildman–Crippen MR) is 93.7 cm³/mol. The van der Waals surface area contributed by atoms with Gasteiger partial charge < -0.3 is 15.0 Å². The average Bonchev–Trinajstić information content (AvgIpc) is 3.20. The first-order valence-corrected chi connectivity index (χ1v) is 8.96. The van der Waals surface area contributed by atoms with Crippen LogP contribution in [0.1, 0.15) is 29.8 Å². The molecule has 0 unspecified atom stereocenters.